The van der Waals surface area contributed by atoms with Crippen molar-refractivity contribution in [1.82, 2.24) is 10.3 Å². The topological polar surface area (TPSA) is 83.6 Å². The van der Waals surface area contributed by atoms with Crippen LogP contribution in [0, 0.1) is 5.92 Å². The van der Waals surface area contributed by atoms with Gasteiger partial charge in [-0.25, -0.2) is 4.98 Å². The highest BCUT2D eigenvalue weighted by Crippen LogP contribution is 2.16. The second-order valence-electron chi connectivity index (χ2n) is 5.92. The van der Waals surface area contributed by atoms with E-state index in [-0.39, 0.29) is 17.7 Å². The molecule has 2 heterocycles. The zero-order valence-electron chi connectivity index (χ0n) is 13.8. The average molecular weight is 320 g/mol. The van der Waals surface area contributed by atoms with Crippen molar-refractivity contribution in [3.05, 3.63) is 18.3 Å². The summed E-state index contributed by atoms with van der Waals surface area (Å²) in [4.78, 5) is 30.0. The number of hydrogen-bond donors (Lipinski definition) is 2. The Bertz CT molecular complexity index is 539. The molecule has 1 saturated heterocycles. The monoisotopic (exact) mass is 320 g/mol. The second-order valence-corrected chi connectivity index (χ2v) is 5.92. The number of nitrogens with zero attached hydrogens (tertiary/aromatic N) is 2. The summed E-state index contributed by atoms with van der Waals surface area (Å²) in [5.74, 6) is 0.406. The normalized spacial score (nSPS) is 16.1. The first-order valence-corrected chi connectivity index (χ1v) is 7.84. The van der Waals surface area contributed by atoms with Crippen molar-refractivity contribution in [2.24, 2.45) is 5.92 Å². The van der Waals surface area contributed by atoms with E-state index in [2.05, 4.69) is 20.5 Å². The van der Waals surface area contributed by atoms with Gasteiger partial charge in [0.05, 0.1) is 25.1 Å². The van der Waals surface area contributed by atoms with Crippen LogP contribution < -0.4 is 15.5 Å². The van der Waals surface area contributed by atoms with Gasteiger partial charge in [0.2, 0.25) is 11.8 Å². The van der Waals surface area contributed by atoms with Crippen LogP contribution in [0.3, 0.4) is 0 Å². The summed E-state index contributed by atoms with van der Waals surface area (Å²) in [5.41, 5.74) is 0.614. The zero-order chi connectivity index (χ0) is 16.8. The van der Waals surface area contributed by atoms with Crippen molar-refractivity contribution in [1.29, 1.82) is 0 Å². The molecule has 1 fully saturated rings. The van der Waals surface area contributed by atoms with Crippen LogP contribution >= 0.6 is 0 Å². The van der Waals surface area contributed by atoms with Gasteiger partial charge in [0.15, 0.2) is 0 Å². The maximum absolute atomic E-state index is 12.3. The first-order valence-electron chi connectivity index (χ1n) is 7.84. The molecule has 126 valence electrons. The Kier molecular flexibility index (Phi) is 5.92. The van der Waals surface area contributed by atoms with E-state index in [1.807, 2.05) is 26.0 Å². The Balaban J connectivity index is 1.98. The first kappa shape index (κ1) is 17.2. The molecule has 0 aromatic carbocycles. The molecule has 7 heteroatoms. The Morgan fingerprint density at radius 1 is 1.26 bits per heavy atom. The molecule has 2 N–H and O–H groups in total. The van der Waals surface area contributed by atoms with Crippen LogP contribution in [0.25, 0.3) is 0 Å². The number of nitrogens with one attached hydrogen (secondary N) is 2. The summed E-state index contributed by atoms with van der Waals surface area (Å²) in [6, 6.07) is 3.14. The molecule has 2 amide bonds. The van der Waals surface area contributed by atoms with E-state index in [4.69, 9.17) is 4.74 Å². The van der Waals surface area contributed by atoms with Gasteiger partial charge in [-0.15, -0.1) is 0 Å². The standard InChI is InChI=1S/C16H24N4O3/c1-11(2)15(18-12(3)21)16(22)19-13-4-5-14(17-10-13)20-6-8-23-9-7-20/h4-5,10-11,15H,6-9H2,1-3H3,(H,18,21)(H,19,22)/t15-/m1/s1. The van der Waals surface area contributed by atoms with Crippen molar-refractivity contribution in [2.75, 3.05) is 36.5 Å². The van der Waals surface area contributed by atoms with Crippen LogP contribution in [-0.2, 0) is 14.3 Å². The van der Waals surface area contributed by atoms with Gasteiger partial charge in [-0.05, 0) is 18.1 Å². The minimum atomic E-state index is -0.564. The lowest BCUT2D eigenvalue weighted by Gasteiger charge is -2.27. The summed E-state index contributed by atoms with van der Waals surface area (Å²) >= 11 is 0. The Morgan fingerprint density at radius 2 is 1.96 bits per heavy atom. The van der Waals surface area contributed by atoms with Gasteiger partial charge >= 0.3 is 0 Å². The van der Waals surface area contributed by atoms with E-state index in [9.17, 15) is 9.59 Å². The maximum Gasteiger partial charge on any atom is 0.247 e. The van der Waals surface area contributed by atoms with Gasteiger partial charge in [0.25, 0.3) is 0 Å². The molecular formula is C16H24N4O3. The average Bonchev–Trinajstić information content (AvgIpc) is 2.53. The smallest absolute Gasteiger partial charge is 0.247 e. The lowest BCUT2D eigenvalue weighted by atomic mass is 10.0. The third-order valence-corrected chi connectivity index (χ3v) is 3.66. The predicted octanol–water partition coefficient (Wildman–Crippen LogP) is 1.02. The van der Waals surface area contributed by atoms with Crippen LogP contribution in [0.5, 0.6) is 0 Å². The largest absolute Gasteiger partial charge is 0.378 e. The summed E-state index contributed by atoms with van der Waals surface area (Å²) in [5, 5.41) is 5.47. The van der Waals surface area contributed by atoms with Crippen LogP contribution in [0.4, 0.5) is 11.5 Å². The molecule has 0 saturated carbocycles. The van der Waals surface area contributed by atoms with E-state index in [0.29, 0.717) is 18.9 Å². The molecule has 0 aliphatic carbocycles. The molecule has 1 aromatic rings. The highest BCUT2D eigenvalue weighted by Gasteiger charge is 2.23. The zero-order valence-corrected chi connectivity index (χ0v) is 13.8. The number of carbonyl (C=O) groups is 2. The fraction of sp³-hybridized carbons (Fsp3) is 0.562. The number of amides is 2. The highest BCUT2D eigenvalue weighted by molar-refractivity contribution is 5.97. The van der Waals surface area contributed by atoms with Crippen LogP contribution in [0.1, 0.15) is 20.8 Å². The number of hydrogen-bond acceptors (Lipinski definition) is 5. The third-order valence-electron chi connectivity index (χ3n) is 3.66. The summed E-state index contributed by atoms with van der Waals surface area (Å²) < 4.78 is 5.32. The fourth-order valence-corrected chi connectivity index (χ4v) is 2.41. The lowest BCUT2D eigenvalue weighted by Crippen LogP contribution is -2.46. The number of aromatic nitrogens is 1. The van der Waals surface area contributed by atoms with E-state index < -0.39 is 6.04 Å². The summed E-state index contributed by atoms with van der Waals surface area (Å²) in [6.45, 7) is 8.22. The van der Waals surface area contributed by atoms with Gasteiger partial charge in [-0.2, -0.15) is 0 Å². The first-order chi connectivity index (χ1) is 11.0. The molecule has 23 heavy (non-hydrogen) atoms. The SMILES string of the molecule is CC(=O)N[C@@H](C(=O)Nc1ccc(N2CCOCC2)nc1)C(C)C. The quantitative estimate of drug-likeness (QED) is 0.846. The van der Waals surface area contributed by atoms with Gasteiger partial charge < -0.3 is 20.3 Å². The van der Waals surface area contributed by atoms with Crippen molar-refractivity contribution >= 4 is 23.3 Å². The van der Waals surface area contributed by atoms with E-state index >= 15 is 0 Å². The number of morpholine rings is 1. The van der Waals surface area contributed by atoms with E-state index in [1.165, 1.54) is 6.92 Å². The van der Waals surface area contributed by atoms with Crippen LogP contribution in [0.2, 0.25) is 0 Å². The van der Waals surface area contributed by atoms with Crippen LogP contribution in [0.15, 0.2) is 18.3 Å². The molecule has 7 nitrogen and oxygen atoms in total. The van der Waals surface area contributed by atoms with E-state index in [1.54, 1.807) is 6.20 Å². The van der Waals surface area contributed by atoms with Gasteiger partial charge in [0.1, 0.15) is 11.9 Å². The minimum absolute atomic E-state index is 0.000479. The second kappa shape index (κ2) is 7.92. The molecular weight excluding hydrogens is 296 g/mol. The molecule has 2 rings (SSSR count). The number of ether oxygens (including phenoxy) is 1. The van der Waals surface area contributed by atoms with E-state index in [0.717, 1.165) is 18.9 Å². The number of anilines is 2. The third kappa shape index (κ3) is 4.92. The summed E-state index contributed by atoms with van der Waals surface area (Å²) in [6.07, 6.45) is 1.63. The van der Waals surface area contributed by atoms with Gasteiger partial charge in [0, 0.05) is 20.0 Å². The molecule has 0 spiro atoms. The summed E-state index contributed by atoms with van der Waals surface area (Å²) in [7, 11) is 0. The van der Waals surface area contributed by atoms with Crippen molar-refractivity contribution in [2.45, 2.75) is 26.8 Å². The minimum Gasteiger partial charge on any atom is -0.378 e. The Morgan fingerprint density at radius 3 is 2.48 bits per heavy atom. The predicted molar refractivity (Wildman–Crippen MR) is 88.3 cm³/mol. The van der Waals surface area contributed by atoms with Gasteiger partial charge in [-0.3, -0.25) is 9.59 Å². The molecule has 0 radical (unpaired) electrons. The Hall–Kier alpha value is -2.15. The van der Waals surface area contributed by atoms with Crippen molar-refractivity contribution in [3.63, 3.8) is 0 Å². The number of pyridine rings is 1. The van der Waals surface area contributed by atoms with Gasteiger partial charge in [-0.1, -0.05) is 13.8 Å². The number of rotatable bonds is 5. The molecule has 1 aliphatic heterocycles. The fourth-order valence-electron chi connectivity index (χ4n) is 2.41. The highest BCUT2D eigenvalue weighted by atomic mass is 16.5. The molecule has 1 atom stereocenters. The maximum atomic E-state index is 12.3. The molecule has 0 bridgehead atoms. The Labute approximate surface area is 136 Å². The molecule has 0 unspecified atom stereocenters. The lowest BCUT2D eigenvalue weighted by molar-refractivity contribution is -0.126. The molecule has 1 aliphatic rings. The number of carbonyl (C=O) groups excluding carboxylic acids is 2. The van der Waals surface area contributed by atoms with Crippen molar-refractivity contribution in [3.8, 4) is 0 Å². The van der Waals surface area contributed by atoms with Crippen molar-refractivity contribution < 1.29 is 14.3 Å². The van der Waals surface area contributed by atoms with Crippen LogP contribution in [-0.4, -0.2) is 49.1 Å². The molecule has 1 aromatic heterocycles.